The normalized spacial score (nSPS) is 11.9. The van der Waals surface area contributed by atoms with Gasteiger partial charge in [0.05, 0.1) is 0 Å². The van der Waals surface area contributed by atoms with E-state index in [0.717, 1.165) is 11.3 Å². The summed E-state index contributed by atoms with van der Waals surface area (Å²) in [6, 6.07) is 3.68. The Bertz CT molecular complexity index is 415. The Kier molecular flexibility index (Phi) is 5.30. The van der Waals surface area contributed by atoms with E-state index in [4.69, 9.17) is 5.11 Å². The molecule has 0 bridgehead atoms. The number of aliphatic carboxylic acids is 1. The number of hydrogen-bond donors (Lipinski definition) is 2. The fourth-order valence-electron chi connectivity index (χ4n) is 1.71. The Labute approximate surface area is 106 Å². The maximum absolute atomic E-state index is 11.1. The minimum absolute atomic E-state index is 0.0459. The molecular formula is C13H18N2O3. The smallest absolute Gasteiger partial charge is 0.303 e. The molecule has 0 aliphatic heterocycles. The van der Waals surface area contributed by atoms with Crippen LogP contribution in [0.15, 0.2) is 18.3 Å². The summed E-state index contributed by atoms with van der Waals surface area (Å²) >= 11 is 0. The number of hydrogen-bond acceptors (Lipinski definition) is 3. The Balaban J connectivity index is 2.61. The fourth-order valence-corrected chi connectivity index (χ4v) is 1.71. The molecule has 1 heterocycles. The number of amides is 1. The summed E-state index contributed by atoms with van der Waals surface area (Å²) in [4.78, 5) is 25.8. The average Bonchev–Trinajstić information content (AvgIpc) is 2.28. The number of carboxylic acids is 1. The van der Waals surface area contributed by atoms with Crippen molar-refractivity contribution in [3.63, 3.8) is 0 Å². The van der Waals surface area contributed by atoms with Gasteiger partial charge in [-0.05, 0) is 31.4 Å². The molecule has 1 unspecified atom stereocenters. The molecule has 1 rings (SSSR count). The standard InChI is InChI=1S/C13H18N2O3/c1-9-3-4-11(8-14-9)7-12(15-10(2)16)5-6-13(17)18/h3-4,8,12H,5-7H2,1-2H3,(H,15,16)(H,17,18). The van der Waals surface area contributed by atoms with Crippen LogP contribution in [-0.4, -0.2) is 28.0 Å². The van der Waals surface area contributed by atoms with Crippen molar-refractivity contribution in [3.05, 3.63) is 29.6 Å². The van der Waals surface area contributed by atoms with Gasteiger partial charge in [0.1, 0.15) is 0 Å². The molecule has 0 saturated heterocycles. The summed E-state index contributed by atoms with van der Waals surface area (Å²) in [7, 11) is 0. The van der Waals surface area contributed by atoms with Crippen molar-refractivity contribution in [1.29, 1.82) is 0 Å². The van der Waals surface area contributed by atoms with Crippen LogP contribution in [0, 0.1) is 6.92 Å². The van der Waals surface area contributed by atoms with Gasteiger partial charge in [-0.3, -0.25) is 14.6 Å². The van der Waals surface area contributed by atoms with E-state index in [2.05, 4.69) is 10.3 Å². The lowest BCUT2D eigenvalue weighted by Crippen LogP contribution is -2.35. The zero-order valence-corrected chi connectivity index (χ0v) is 10.6. The third kappa shape index (κ3) is 5.43. The molecule has 1 aromatic heterocycles. The van der Waals surface area contributed by atoms with Crippen LogP contribution in [0.4, 0.5) is 0 Å². The van der Waals surface area contributed by atoms with E-state index >= 15 is 0 Å². The number of pyridine rings is 1. The molecular weight excluding hydrogens is 232 g/mol. The first-order valence-corrected chi connectivity index (χ1v) is 5.88. The third-order valence-corrected chi connectivity index (χ3v) is 2.57. The van der Waals surface area contributed by atoms with Crippen molar-refractivity contribution < 1.29 is 14.7 Å². The molecule has 1 aromatic rings. The number of rotatable bonds is 6. The Morgan fingerprint density at radius 1 is 1.44 bits per heavy atom. The van der Waals surface area contributed by atoms with Crippen LogP contribution in [0.25, 0.3) is 0 Å². The highest BCUT2D eigenvalue weighted by atomic mass is 16.4. The first-order chi connectivity index (χ1) is 8.47. The van der Waals surface area contributed by atoms with Crippen LogP contribution in [0.1, 0.15) is 31.0 Å². The molecule has 0 saturated carbocycles. The van der Waals surface area contributed by atoms with Gasteiger partial charge in [-0.25, -0.2) is 0 Å². The van der Waals surface area contributed by atoms with Crippen molar-refractivity contribution >= 4 is 11.9 Å². The number of carbonyl (C=O) groups is 2. The predicted octanol–water partition coefficient (Wildman–Crippen LogP) is 1.30. The minimum Gasteiger partial charge on any atom is -0.481 e. The molecule has 2 N–H and O–H groups in total. The monoisotopic (exact) mass is 250 g/mol. The Morgan fingerprint density at radius 2 is 2.17 bits per heavy atom. The SMILES string of the molecule is CC(=O)NC(CCC(=O)O)Cc1ccc(C)nc1. The van der Waals surface area contributed by atoms with Crippen LogP contribution < -0.4 is 5.32 Å². The molecule has 0 spiro atoms. The minimum atomic E-state index is -0.854. The Morgan fingerprint density at radius 3 is 2.67 bits per heavy atom. The zero-order valence-electron chi connectivity index (χ0n) is 10.6. The van der Waals surface area contributed by atoms with Gasteiger partial charge in [-0.1, -0.05) is 6.07 Å². The highest BCUT2D eigenvalue weighted by molar-refractivity contribution is 5.73. The number of aryl methyl sites for hydroxylation is 1. The van der Waals surface area contributed by atoms with Crippen molar-refractivity contribution in [2.75, 3.05) is 0 Å². The molecule has 0 radical (unpaired) electrons. The van der Waals surface area contributed by atoms with E-state index in [-0.39, 0.29) is 18.4 Å². The summed E-state index contributed by atoms with van der Waals surface area (Å²) in [6.07, 6.45) is 2.82. The summed E-state index contributed by atoms with van der Waals surface area (Å²) in [5.41, 5.74) is 1.92. The number of nitrogens with one attached hydrogen (secondary N) is 1. The summed E-state index contributed by atoms with van der Waals surface area (Å²) in [6.45, 7) is 3.33. The average molecular weight is 250 g/mol. The molecule has 0 aromatic carbocycles. The highest BCUT2D eigenvalue weighted by Crippen LogP contribution is 2.08. The number of aromatic nitrogens is 1. The second-order valence-electron chi connectivity index (χ2n) is 4.34. The second kappa shape index (κ2) is 6.74. The highest BCUT2D eigenvalue weighted by Gasteiger charge is 2.13. The van der Waals surface area contributed by atoms with Crippen LogP contribution in [0.3, 0.4) is 0 Å². The van der Waals surface area contributed by atoms with E-state index in [1.807, 2.05) is 19.1 Å². The molecule has 98 valence electrons. The van der Waals surface area contributed by atoms with E-state index in [9.17, 15) is 9.59 Å². The first-order valence-electron chi connectivity index (χ1n) is 5.88. The molecule has 0 aliphatic carbocycles. The van der Waals surface area contributed by atoms with Crippen molar-refractivity contribution in [2.45, 2.75) is 39.2 Å². The van der Waals surface area contributed by atoms with Crippen molar-refractivity contribution in [1.82, 2.24) is 10.3 Å². The zero-order chi connectivity index (χ0) is 13.5. The second-order valence-corrected chi connectivity index (χ2v) is 4.34. The topological polar surface area (TPSA) is 79.3 Å². The third-order valence-electron chi connectivity index (χ3n) is 2.57. The summed E-state index contributed by atoms with van der Waals surface area (Å²) < 4.78 is 0. The van der Waals surface area contributed by atoms with E-state index < -0.39 is 5.97 Å². The first kappa shape index (κ1) is 14.2. The lowest BCUT2D eigenvalue weighted by atomic mass is 10.0. The van der Waals surface area contributed by atoms with Gasteiger partial charge in [0.2, 0.25) is 5.91 Å². The molecule has 0 aliphatic rings. The molecule has 1 amide bonds. The summed E-state index contributed by atoms with van der Waals surface area (Å²) in [5, 5.41) is 11.4. The molecule has 5 heteroatoms. The van der Waals surface area contributed by atoms with Crippen LogP contribution in [0.2, 0.25) is 0 Å². The van der Waals surface area contributed by atoms with Crippen LogP contribution >= 0.6 is 0 Å². The fraction of sp³-hybridized carbons (Fsp3) is 0.462. The van der Waals surface area contributed by atoms with E-state index in [0.29, 0.717) is 12.8 Å². The number of carboxylic acid groups (broad SMARTS) is 1. The molecule has 0 fully saturated rings. The van der Waals surface area contributed by atoms with Gasteiger partial charge in [-0.2, -0.15) is 0 Å². The largest absolute Gasteiger partial charge is 0.481 e. The lowest BCUT2D eigenvalue weighted by molar-refractivity contribution is -0.137. The quantitative estimate of drug-likeness (QED) is 0.797. The van der Waals surface area contributed by atoms with Crippen molar-refractivity contribution in [3.8, 4) is 0 Å². The van der Waals surface area contributed by atoms with Gasteiger partial charge in [0.25, 0.3) is 0 Å². The summed E-state index contributed by atoms with van der Waals surface area (Å²) in [5.74, 6) is -1.00. The maximum atomic E-state index is 11.1. The van der Waals surface area contributed by atoms with Gasteiger partial charge >= 0.3 is 5.97 Å². The lowest BCUT2D eigenvalue weighted by Gasteiger charge is -2.17. The molecule has 18 heavy (non-hydrogen) atoms. The maximum Gasteiger partial charge on any atom is 0.303 e. The predicted molar refractivity (Wildman–Crippen MR) is 67.2 cm³/mol. The Hall–Kier alpha value is -1.91. The van der Waals surface area contributed by atoms with E-state index in [1.54, 1.807) is 6.20 Å². The molecule has 1 atom stereocenters. The van der Waals surface area contributed by atoms with Gasteiger partial charge in [0, 0.05) is 31.3 Å². The van der Waals surface area contributed by atoms with Crippen LogP contribution in [-0.2, 0) is 16.0 Å². The van der Waals surface area contributed by atoms with Gasteiger partial charge in [-0.15, -0.1) is 0 Å². The van der Waals surface area contributed by atoms with Gasteiger partial charge < -0.3 is 10.4 Å². The number of carbonyl (C=O) groups excluding carboxylic acids is 1. The number of nitrogens with zero attached hydrogens (tertiary/aromatic N) is 1. The molecule has 5 nitrogen and oxygen atoms in total. The van der Waals surface area contributed by atoms with Crippen molar-refractivity contribution in [2.24, 2.45) is 0 Å². The van der Waals surface area contributed by atoms with Crippen LogP contribution in [0.5, 0.6) is 0 Å². The van der Waals surface area contributed by atoms with E-state index in [1.165, 1.54) is 6.92 Å². The van der Waals surface area contributed by atoms with Gasteiger partial charge in [0.15, 0.2) is 0 Å².